The van der Waals surface area contributed by atoms with E-state index < -0.39 is 0 Å². The van der Waals surface area contributed by atoms with Crippen molar-refractivity contribution in [1.29, 1.82) is 0 Å². The minimum absolute atomic E-state index is 0.0411. The summed E-state index contributed by atoms with van der Waals surface area (Å²) in [5.41, 5.74) is 7.99. The minimum Gasteiger partial charge on any atom is -0.356 e. The van der Waals surface area contributed by atoms with Gasteiger partial charge in [0, 0.05) is 22.9 Å². The van der Waals surface area contributed by atoms with Gasteiger partial charge >= 0.3 is 0 Å². The average molecular weight is 210 g/mol. The molecular weight excluding hydrogens is 200 g/mol. The van der Waals surface area contributed by atoms with Gasteiger partial charge in [0.1, 0.15) is 0 Å². The summed E-state index contributed by atoms with van der Waals surface area (Å²) in [6.07, 6.45) is 0.397. The number of carbonyl (C=O) groups excluding carboxylic acids is 1. The molecule has 1 amide bonds. The van der Waals surface area contributed by atoms with Gasteiger partial charge in [-0.05, 0) is 17.0 Å². The highest BCUT2D eigenvalue weighted by molar-refractivity contribution is 7.10. The van der Waals surface area contributed by atoms with Crippen molar-refractivity contribution in [1.82, 2.24) is 5.32 Å². The molecule has 1 N–H and O–H groups in total. The second-order valence-electron chi connectivity index (χ2n) is 2.56. The highest BCUT2D eigenvalue weighted by atomic mass is 32.1. The molecule has 0 aliphatic rings. The summed E-state index contributed by atoms with van der Waals surface area (Å²) in [6.45, 7) is 0.695. The zero-order valence-corrected chi connectivity index (χ0v) is 8.33. The Kier molecular flexibility index (Phi) is 4.54. The van der Waals surface area contributed by atoms with E-state index in [2.05, 4.69) is 15.3 Å². The van der Waals surface area contributed by atoms with Crippen molar-refractivity contribution in [3.05, 3.63) is 32.8 Å². The summed E-state index contributed by atoms with van der Waals surface area (Å²) in [4.78, 5) is 14.9. The zero-order chi connectivity index (χ0) is 10.2. The number of thiophene rings is 1. The molecule has 1 heterocycles. The Balaban J connectivity index is 2.20. The van der Waals surface area contributed by atoms with Crippen LogP contribution >= 0.6 is 11.3 Å². The summed E-state index contributed by atoms with van der Waals surface area (Å²) in [7, 11) is 0. The third-order valence-corrected chi connectivity index (χ3v) is 2.39. The first kappa shape index (κ1) is 10.6. The van der Waals surface area contributed by atoms with Crippen molar-refractivity contribution in [2.24, 2.45) is 5.11 Å². The molecule has 0 aliphatic carbocycles. The maximum atomic E-state index is 11.2. The van der Waals surface area contributed by atoms with Crippen LogP contribution in [0.3, 0.4) is 0 Å². The van der Waals surface area contributed by atoms with Gasteiger partial charge in [0.15, 0.2) is 0 Å². The Morgan fingerprint density at radius 2 is 2.57 bits per heavy atom. The van der Waals surface area contributed by atoms with Crippen molar-refractivity contribution in [3.8, 4) is 0 Å². The molecule has 1 aromatic rings. The third kappa shape index (κ3) is 3.93. The number of nitrogens with one attached hydrogen (secondary N) is 1. The van der Waals surface area contributed by atoms with Gasteiger partial charge in [0.2, 0.25) is 5.91 Å². The number of azide groups is 1. The molecule has 0 spiro atoms. The lowest BCUT2D eigenvalue weighted by Crippen LogP contribution is -2.27. The first-order valence-corrected chi connectivity index (χ1v) is 5.01. The molecule has 0 radical (unpaired) electrons. The van der Waals surface area contributed by atoms with Crippen molar-refractivity contribution in [2.45, 2.75) is 6.42 Å². The van der Waals surface area contributed by atoms with Crippen molar-refractivity contribution in [3.63, 3.8) is 0 Å². The van der Waals surface area contributed by atoms with Crippen LogP contribution in [0, 0.1) is 0 Å². The second kappa shape index (κ2) is 6.01. The number of amides is 1. The number of hydrogen-bond donors (Lipinski definition) is 1. The molecule has 5 nitrogen and oxygen atoms in total. The standard InChI is InChI=1S/C8H10N4OS/c9-12-11-4-3-10-8(13)6-7-2-1-5-14-7/h1-2,5H,3-4,6H2,(H,10,13). The maximum absolute atomic E-state index is 11.2. The highest BCUT2D eigenvalue weighted by Crippen LogP contribution is 2.08. The number of carbonyl (C=O) groups is 1. The summed E-state index contributed by atoms with van der Waals surface area (Å²) >= 11 is 1.55. The van der Waals surface area contributed by atoms with E-state index >= 15 is 0 Å². The average Bonchev–Trinajstić information content (AvgIpc) is 2.65. The van der Waals surface area contributed by atoms with Crippen molar-refractivity contribution < 1.29 is 4.79 Å². The van der Waals surface area contributed by atoms with E-state index in [1.165, 1.54) is 0 Å². The molecule has 0 unspecified atom stereocenters. The van der Waals surface area contributed by atoms with Crippen LogP contribution in [0.25, 0.3) is 10.4 Å². The molecule has 0 atom stereocenters. The summed E-state index contributed by atoms with van der Waals surface area (Å²) in [6, 6.07) is 3.82. The molecule has 74 valence electrons. The molecule has 6 heteroatoms. The Bertz CT molecular complexity index is 329. The summed E-state index contributed by atoms with van der Waals surface area (Å²) in [5.74, 6) is -0.0411. The Labute approximate surface area is 85.4 Å². The first-order valence-electron chi connectivity index (χ1n) is 4.13. The van der Waals surface area contributed by atoms with E-state index in [9.17, 15) is 4.79 Å². The van der Waals surface area contributed by atoms with Gasteiger partial charge in [-0.3, -0.25) is 4.79 Å². The van der Waals surface area contributed by atoms with E-state index in [0.29, 0.717) is 19.5 Å². The smallest absolute Gasteiger partial charge is 0.225 e. The van der Waals surface area contributed by atoms with E-state index in [4.69, 9.17) is 5.53 Å². The minimum atomic E-state index is -0.0411. The van der Waals surface area contributed by atoms with Crippen LogP contribution < -0.4 is 5.32 Å². The quantitative estimate of drug-likeness (QED) is 0.341. The molecular formula is C8H10N4OS. The molecule has 1 aromatic heterocycles. The van der Waals surface area contributed by atoms with E-state index in [1.54, 1.807) is 11.3 Å². The van der Waals surface area contributed by atoms with Gasteiger partial charge in [0.25, 0.3) is 0 Å². The van der Waals surface area contributed by atoms with E-state index in [0.717, 1.165) is 4.88 Å². The van der Waals surface area contributed by atoms with Gasteiger partial charge in [0.05, 0.1) is 6.42 Å². The lowest BCUT2D eigenvalue weighted by atomic mass is 10.3. The molecule has 1 rings (SSSR count). The molecule has 0 saturated heterocycles. The number of hydrogen-bond acceptors (Lipinski definition) is 3. The van der Waals surface area contributed by atoms with Gasteiger partial charge in [-0.1, -0.05) is 11.2 Å². The molecule has 0 fully saturated rings. The van der Waals surface area contributed by atoms with E-state index in [-0.39, 0.29) is 5.91 Å². The van der Waals surface area contributed by atoms with Crippen molar-refractivity contribution >= 4 is 17.2 Å². The summed E-state index contributed by atoms with van der Waals surface area (Å²) in [5, 5.41) is 7.90. The van der Waals surface area contributed by atoms with Crippen molar-refractivity contribution in [2.75, 3.05) is 13.1 Å². The normalized spacial score (nSPS) is 9.14. The highest BCUT2D eigenvalue weighted by Gasteiger charge is 2.02. The SMILES string of the molecule is [N-]=[N+]=NCCNC(=O)Cc1cccs1. The third-order valence-electron chi connectivity index (χ3n) is 1.51. The van der Waals surface area contributed by atoms with Gasteiger partial charge in [-0.2, -0.15) is 0 Å². The first-order chi connectivity index (χ1) is 6.83. The lowest BCUT2D eigenvalue weighted by Gasteiger charge is -2.00. The van der Waals surface area contributed by atoms with Crippen LogP contribution in [-0.4, -0.2) is 19.0 Å². The fourth-order valence-corrected chi connectivity index (χ4v) is 1.63. The van der Waals surface area contributed by atoms with Crippen LogP contribution in [0.15, 0.2) is 22.6 Å². The molecule has 0 bridgehead atoms. The van der Waals surface area contributed by atoms with Gasteiger partial charge in [-0.25, -0.2) is 0 Å². The topological polar surface area (TPSA) is 77.9 Å². The second-order valence-corrected chi connectivity index (χ2v) is 3.59. The lowest BCUT2D eigenvalue weighted by molar-refractivity contribution is -0.120. The van der Waals surface area contributed by atoms with E-state index in [1.807, 2.05) is 17.5 Å². The van der Waals surface area contributed by atoms with Crippen LogP contribution in [0.4, 0.5) is 0 Å². The van der Waals surface area contributed by atoms with Gasteiger partial charge in [-0.15, -0.1) is 11.3 Å². The molecule has 0 aliphatic heterocycles. The predicted molar refractivity (Wildman–Crippen MR) is 55.0 cm³/mol. The molecule has 14 heavy (non-hydrogen) atoms. The van der Waals surface area contributed by atoms with Crippen LogP contribution in [-0.2, 0) is 11.2 Å². The Morgan fingerprint density at radius 3 is 3.21 bits per heavy atom. The van der Waals surface area contributed by atoms with Crippen LogP contribution in [0.2, 0.25) is 0 Å². The van der Waals surface area contributed by atoms with Crippen LogP contribution in [0.5, 0.6) is 0 Å². The largest absolute Gasteiger partial charge is 0.356 e. The Morgan fingerprint density at radius 1 is 1.71 bits per heavy atom. The fraction of sp³-hybridized carbons (Fsp3) is 0.375. The number of nitrogens with zero attached hydrogens (tertiary/aromatic N) is 3. The molecule has 0 saturated carbocycles. The molecule has 0 aromatic carbocycles. The van der Waals surface area contributed by atoms with Crippen LogP contribution in [0.1, 0.15) is 4.88 Å². The predicted octanol–water partition coefficient (Wildman–Crippen LogP) is 1.72. The number of rotatable bonds is 5. The van der Waals surface area contributed by atoms with Gasteiger partial charge < -0.3 is 5.32 Å². The monoisotopic (exact) mass is 210 g/mol. The Hall–Kier alpha value is -1.52. The zero-order valence-electron chi connectivity index (χ0n) is 7.51. The summed E-state index contributed by atoms with van der Waals surface area (Å²) < 4.78 is 0. The maximum Gasteiger partial charge on any atom is 0.225 e. The fourth-order valence-electron chi connectivity index (χ4n) is 0.924.